The molecule has 2 nitrogen and oxygen atoms in total. The number of aliphatic hydroxyl groups is 1. The van der Waals surface area contributed by atoms with Crippen molar-refractivity contribution in [3.63, 3.8) is 0 Å². The van der Waals surface area contributed by atoms with E-state index in [0.717, 1.165) is 35.4 Å². The molecular weight excluding hydrogens is 302 g/mol. The van der Waals surface area contributed by atoms with Crippen LogP contribution >= 0.6 is 27.5 Å². The molecule has 0 saturated carbocycles. The van der Waals surface area contributed by atoms with Gasteiger partial charge >= 0.3 is 0 Å². The molecule has 0 bridgehead atoms. The Bertz CT molecular complexity index is 346. The zero-order valence-corrected chi connectivity index (χ0v) is 12.4. The Hall–Kier alpha value is -0.0900. The lowest BCUT2D eigenvalue weighted by Crippen LogP contribution is -2.22. The van der Waals surface area contributed by atoms with Crippen molar-refractivity contribution in [1.82, 2.24) is 5.32 Å². The fourth-order valence-corrected chi connectivity index (χ4v) is 2.15. The Morgan fingerprint density at radius 1 is 1.47 bits per heavy atom. The Labute approximate surface area is 117 Å². The summed E-state index contributed by atoms with van der Waals surface area (Å²) in [6, 6.07) is 5.98. The SMILES string of the molecule is CCC(CCO)CNCc1ccc(Br)c(Cl)c1. The van der Waals surface area contributed by atoms with Gasteiger partial charge in [0.2, 0.25) is 0 Å². The van der Waals surface area contributed by atoms with Gasteiger partial charge in [-0.1, -0.05) is 31.0 Å². The number of halogens is 2. The topological polar surface area (TPSA) is 32.3 Å². The van der Waals surface area contributed by atoms with E-state index in [4.69, 9.17) is 16.7 Å². The molecule has 0 heterocycles. The van der Waals surface area contributed by atoms with Gasteiger partial charge in [0.1, 0.15) is 0 Å². The quantitative estimate of drug-likeness (QED) is 0.804. The summed E-state index contributed by atoms with van der Waals surface area (Å²) < 4.78 is 0.926. The molecule has 2 N–H and O–H groups in total. The molecule has 1 unspecified atom stereocenters. The lowest BCUT2D eigenvalue weighted by Gasteiger charge is -2.14. The molecule has 0 aliphatic carbocycles. The molecular formula is C13H19BrClNO. The van der Waals surface area contributed by atoms with Gasteiger partial charge in [-0.15, -0.1) is 0 Å². The van der Waals surface area contributed by atoms with Crippen LogP contribution in [0, 0.1) is 5.92 Å². The summed E-state index contributed by atoms with van der Waals surface area (Å²) in [5.41, 5.74) is 1.18. The van der Waals surface area contributed by atoms with Crippen molar-refractivity contribution < 1.29 is 5.11 Å². The number of rotatable bonds is 7. The summed E-state index contributed by atoms with van der Waals surface area (Å²) in [7, 11) is 0. The third-order valence-corrected chi connectivity index (χ3v) is 4.09. The van der Waals surface area contributed by atoms with Crippen LogP contribution in [0.4, 0.5) is 0 Å². The largest absolute Gasteiger partial charge is 0.396 e. The molecule has 0 radical (unpaired) electrons. The van der Waals surface area contributed by atoms with Gasteiger partial charge in [0.25, 0.3) is 0 Å². The van der Waals surface area contributed by atoms with Gasteiger partial charge in [0.15, 0.2) is 0 Å². The molecule has 1 rings (SSSR count). The van der Waals surface area contributed by atoms with Gasteiger partial charge in [-0.05, 0) is 52.5 Å². The van der Waals surface area contributed by atoms with E-state index in [1.54, 1.807) is 0 Å². The summed E-state index contributed by atoms with van der Waals surface area (Å²) in [6.45, 7) is 4.17. The van der Waals surface area contributed by atoms with Crippen molar-refractivity contribution in [2.75, 3.05) is 13.2 Å². The van der Waals surface area contributed by atoms with Gasteiger partial charge in [-0.2, -0.15) is 0 Å². The third-order valence-electron chi connectivity index (χ3n) is 2.86. The molecule has 0 amide bonds. The van der Waals surface area contributed by atoms with E-state index in [2.05, 4.69) is 34.2 Å². The Kier molecular flexibility index (Phi) is 7.12. The van der Waals surface area contributed by atoms with Crippen LogP contribution in [0.15, 0.2) is 22.7 Å². The van der Waals surface area contributed by atoms with Gasteiger partial charge in [0.05, 0.1) is 5.02 Å². The highest BCUT2D eigenvalue weighted by Crippen LogP contribution is 2.23. The van der Waals surface area contributed by atoms with Crippen LogP contribution in [0.1, 0.15) is 25.3 Å². The van der Waals surface area contributed by atoms with Crippen LogP contribution in [0.2, 0.25) is 5.02 Å². The Morgan fingerprint density at radius 2 is 2.24 bits per heavy atom. The standard InChI is InChI=1S/C13H19BrClNO/c1-2-10(5-6-17)8-16-9-11-3-4-12(14)13(15)7-11/h3-4,7,10,16-17H,2,5-6,8-9H2,1H3. The summed E-state index contributed by atoms with van der Waals surface area (Å²) in [5, 5.41) is 13.0. The first-order chi connectivity index (χ1) is 8.17. The molecule has 0 fully saturated rings. The van der Waals surface area contributed by atoms with Crippen LogP contribution in [0.3, 0.4) is 0 Å². The maximum absolute atomic E-state index is 8.90. The van der Waals surface area contributed by atoms with Crippen molar-refractivity contribution in [1.29, 1.82) is 0 Å². The smallest absolute Gasteiger partial charge is 0.0551 e. The minimum absolute atomic E-state index is 0.268. The minimum atomic E-state index is 0.268. The van der Waals surface area contributed by atoms with Crippen LogP contribution < -0.4 is 5.32 Å². The Balaban J connectivity index is 2.37. The first kappa shape index (κ1) is 15.0. The highest BCUT2D eigenvalue weighted by molar-refractivity contribution is 9.10. The third kappa shape index (κ3) is 5.38. The van der Waals surface area contributed by atoms with Crippen molar-refractivity contribution in [2.24, 2.45) is 5.92 Å². The zero-order chi connectivity index (χ0) is 12.7. The monoisotopic (exact) mass is 319 g/mol. The van der Waals surface area contributed by atoms with Crippen molar-refractivity contribution >= 4 is 27.5 Å². The number of hydrogen-bond acceptors (Lipinski definition) is 2. The van der Waals surface area contributed by atoms with Crippen LogP contribution in [-0.2, 0) is 6.54 Å². The first-order valence-electron chi connectivity index (χ1n) is 5.92. The number of benzene rings is 1. The average Bonchev–Trinajstić information content (AvgIpc) is 2.32. The van der Waals surface area contributed by atoms with E-state index in [1.165, 1.54) is 5.56 Å². The maximum atomic E-state index is 8.90. The summed E-state index contributed by atoms with van der Waals surface area (Å²) >= 11 is 9.40. The second-order valence-electron chi connectivity index (χ2n) is 4.17. The summed E-state index contributed by atoms with van der Waals surface area (Å²) in [6.07, 6.45) is 1.96. The van der Waals surface area contributed by atoms with Crippen molar-refractivity contribution in [2.45, 2.75) is 26.3 Å². The summed E-state index contributed by atoms with van der Waals surface area (Å²) in [4.78, 5) is 0. The van der Waals surface area contributed by atoms with Crippen molar-refractivity contribution in [3.8, 4) is 0 Å². The lowest BCUT2D eigenvalue weighted by atomic mass is 10.0. The highest BCUT2D eigenvalue weighted by Gasteiger charge is 2.05. The van der Waals surface area contributed by atoms with E-state index in [-0.39, 0.29) is 6.61 Å². The van der Waals surface area contributed by atoms with Gasteiger partial charge in [-0.3, -0.25) is 0 Å². The fraction of sp³-hybridized carbons (Fsp3) is 0.538. The van der Waals surface area contributed by atoms with Crippen LogP contribution in [0.5, 0.6) is 0 Å². The van der Waals surface area contributed by atoms with E-state index in [1.807, 2.05) is 12.1 Å². The highest BCUT2D eigenvalue weighted by atomic mass is 79.9. The molecule has 0 saturated heterocycles. The van der Waals surface area contributed by atoms with E-state index in [9.17, 15) is 0 Å². The molecule has 1 aromatic carbocycles. The van der Waals surface area contributed by atoms with Gasteiger partial charge in [0, 0.05) is 17.6 Å². The molecule has 1 atom stereocenters. The van der Waals surface area contributed by atoms with E-state index >= 15 is 0 Å². The minimum Gasteiger partial charge on any atom is -0.396 e. The number of nitrogens with one attached hydrogen (secondary N) is 1. The van der Waals surface area contributed by atoms with Crippen LogP contribution in [0.25, 0.3) is 0 Å². The van der Waals surface area contributed by atoms with E-state index in [0.29, 0.717) is 5.92 Å². The molecule has 0 aliphatic rings. The molecule has 96 valence electrons. The lowest BCUT2D eigenvalue weighted by molar-refractivity contribution is 0.251. The predicted molar refractivity (Wildman–Crippen MR) is 76.3 cm³/mol. The number of hydrogen-bond donors (Lipinski definition) is 2. The van der Waals surface area contributed by atoms with Crippen LogP contribution in [-0.4, -0.2) is 18.3 Å². The van der Waals surface area contributed by atoms with E-state index < -0.39 is 0 Å². The normalized spacial score (nSPS) is 12.7. The van der Waals surface area contributed by atoms with Gasteiger partial charge < -0.3 is 10.4 Å². The Morgan fingerprint density at radius 3 is 2.82 bits per heavy atom. The molecule has 1 aromatic rings. The molecule has 0 spiro atoms. The molecule has 17 heavy (non-hydrogen) atoms. The maximum Gasteiger partial charge on any atom is 0.0551 e. The zero-order valence-electron chi connectivity index (χ0n) is 10.0. The summed E-state index contributed by atoms with van der Waals surface area (Å²) in [5.74, 6) is 0.547. The average molecular weight is 321 g/mol. The second kappa shape index (κ2) is 8.09. The number of aliphatic hydroxyl groups excluding tert-OH is 1. The molecule has 0 aromatic heterocycles. The second-order valence-corrected chi connectivity index (χ2v) is 5.43. The van der Waals surface area contributed by atoms with Crippen molar-refractivity contribution in [3.05, 3.63) is 33.3 Å². The molecule has 4 heteroatoms. The van der Waals surface area contributed by atoms with Gasteiger partial charge in [-0.25, -0.2) is 0 Å². The fourth-order valence-electron chi connectivity index (χ4n) is 1.70. The predicted octanol–water partition coefficient (Wildman–Crippen LogP) is 3.60. The first-order valence-corrected chi connectivity index (χ1v) is 7.10. The molecule has 0 aliphatic heterocycles.